The minimum Gasteiger partial charge on any atom is -0.490 e. The van der Waals surface area contributed by atoms with Crippen molar-refractivity contribution >= 4 is 46.3 Å². The summed E-state index contributed by atoms with van der Waals surface area (Å²) in [6, 6.07) is 12.8. The molecular weight excluding hydrogens is 497 g/mol. The molecule has 2 aromatic carbocycles. The van der Waals surface area contributed by atoms with Gasteiger partial charge in [-0.15, -0.1) is 0 Å². The zero-order valence-corrected chi connectivity index (χ0v) is 19.4. The highest BCUT2D eigenvalue weighted by atomic mass is 127. The van der Waals surface area contributed by atoms with E-state index in [1.165, 1.54) is 6.21 Å². The van der Waals surface area contributed by atoms with Gasteiger partial charge < -0.3 is 14.8 Å². The SMILES string of the molecule is CCOc1cc(C=NNC(=O)CCC(=O)Nc2ccccc2)cc(I)c1OC(C)C. The Bertz CT molecular complexity index is 885. The number of ether oxygens (including phenoxy) is 2. The lowest BCUT2D eigenvalue weighted by molar-refractivity contribution is -0.124. The third-order valence-electron chi connectivity index (χ3n) is 3.72. The van der Waals surface area contributed by atoms with E-state index in [-0.39, 0.29) is 30.8 Å². The van der Waals surface area contributed by atoms with E-state index in [9.17, 15) is 9.59 Å². The normalized spacial score (nSPS) is 10.8. The Kier molecular flexibility index (Phi) is 9.59. The first kappa shape index (κ1) is 23.7. The minimum absolute atomic E-state index is 0.0237. The predicted octanol–water partition coefficient (Wildman–Crippen LogP) is 4.35. The summed E-state index contributed by atoms with van der Waals surface area (Å²) >= 11 is 2.18. The first-order chi connectivity index (χ1) is 14.4. The van der Waals surface area contributed by atoms with Crippen LogP contribution in [0, 0.1) is 3.57 Å². The molecule has 2 rings (SSSR count). The molecule has 0 heterocycles. The van der Waals surface area contributed by atoms with E-state index in [0.29, 0.717) is 23.8 Å². The molecule has 0 unspecified atom stereocenters. The number of hydrazone groups is 1. The minimum atomic E-state index is -0.339. The van der Waals surface area contributed by atoms with Crippen molar-refractivity contribution in [2.24, 2.45) is 5.10 Å². The topological polar surface area (TPSA) is 89.0 Å². The second kappa shape index (κ2) is 12.2. The molecule has 0 bridgehead atoms. The zero-order valence-electron chi connectivity index (χ0n) is 17.3. The maximum absolute atomic E-state index is 12.0. The van der Waals surface area contributed by atoms with Crippen LogP contribution >= 0.6 is 22.6 Å². The molecule has 0 saturated heterocycles. The van der Waals surface area contributed by atoms with E-state index >= 15 is 0 Å². The number of amides is 2. The number of benzene rings is 2. The number of hydrogen-bond donors (Lipinski definition) is 2. The molecule has 2 amide bonds. The van der Waals surface area contributed by atoms with E-state index in [2.05, 4.69) is 38.4 Å². The summed E-state index contributed by atoms with van der Waals surface area (Å²) < 4.78 is 12.4. The molecule has 0 aliphatic carbocycles. The van der Waals surface area contributed by atoms with Crippen LogP contribution in [-0.2, 0) is 9.59 Å². The Morgan fingerprint density at radius 3 is 2.50 bits per heavy atom. The monoisotopic (exact) mass is 523 g/mol. The smallest absolute Gasteiger partial charge is 0.240 e. The summed E-state index contributed by atoms with van der Waals surface area (Å²) in [4.78, 5) is 23.9. The van der Waals surface area contributed by atoms with Crippen molar-refractivity contribution < 1.29 is 19.1 Å². The van der Waals surface area contributed by atoms with Crippen LogP contribution in [0.1, 0.15) is 39.2 Å². The lowest BCUT2D eigenvalue weighted by Gasteiger charge is -2.16. The van der Waals surface area contributed by atoms with Gasteiger partial charge in [0.15, 0.2) is 11.5 Å². The third kappa shape index (κ3) is 8.02. The molecule has 30 heavy (non-hydrogen) atoms. The number of nitrogens with zero attached hydrogens (tertiary/aromatic N) is 1. The summed E-state index contributed by atoms with van der Waals surface area (Å²) in [5.74, 6) is 0.757. The number of nitrogens with one attached hydrogen (secondary N) is 2. The van der Waals surface area contributed by atoms with Crippen molar-refractivity contribution in [2.45, 2.75) is 39.7 Å². The predicted molar refractivity (Wildman–Crippen MR) is 126 cm³/mol. The molecule has 0 atom stereocenters. The fraction of sp³-hybridized carbons (Fsp3) is 0.318. The molecule has 2 N–H and O–H groups in total. The van der Waals surface area contributed by atoms with E-state index in [0.717, 1.165) is 9.13 Å². The van der Waals surface area contributed by atoms with Gasteiger partial charge in [-0.1, -0.05) is 18.2 Å². The van der Waals surface area contributed by atoms with Crippen LogP contribution in [0.25, 0.3) is 0 Å². The molecule has 0 spiro atoms. The highest BCUT2D eigenvalue weighted by molar-refractivity contribution is 14.1. The van der Waals surface area contributed by atoms with Crippen LogP contribution in [0.2, 0.25) is 0 Å². The largest absolute Gasteiger partial charge is 0.490 e. The quantitative estimate of drug-likeness (QED) is 0.276. The summed E-state index contributed by atoms with van der Waals surface area (Å²) in [6.07, 6.45) is 1.67. The van der Waals surface area contributed by atoms with Crippen molar-refractivity contribution in [1.82, 2.24) is 5.43 Å². The average Bonchev–Trinajstić information content (AvgIpc) is 2.70. The van der Waals surface area contributed by atoms with Crippen molar-refractivity contribution in [3.63, 3.8) is 0 Å². The van der Waals surface area contributed by atoms with Gasteiger partial charge in [0.05, 0.1) is 22.5 Å². The van der Waals surface area contributed by atoms with Gasteiger partial charge in [0.1, 0.15) is 0 Å². The molecule has 8 heteroatoms. The van der Waals surface area contributed by atoms with E-state index in [1.807, 2.05) is 51.1 Å². The summed E-state index contributed by atoms with van der Waals surface area (Å²) in [6.45, 7) is 6.32. The Balaban J connectivity index is 1.89. The molecule has 0 aliphatic heterocycles. The van der Waals surface area contributed by atoms with Crippen LogP contribution in [0.4, 0.5) is 5.69 Å². The summed E-state index contributed by atoms with van der Waals surface area (Å²) in [5, 5.41) is 6.72. The Hall–Kier alpha value is -2.62. The Morgan fingerprint density at radius 1 is 1.13 bits per heavy atom. The molecule has 0 aromatic heterocycles. The number of rotatable bonds is 10. The van der Waals surface area contributed by atoms with Crippen LogP contribution in [0.3, 0.4) is 0 Å². The maximum atomic E-state index is 12.0. The van der Waals surface area contributed by atoms with Gasteiger partial charge in [-0.2, -0.15) is 5.10 Å². The Labute approximate surface area is 190 Å². The zero-order chi connectivity index (χ0) is 21.9. The molecule has 0 aliphatic rings. The summed E-state index contributed by atoms with van der Waals surface area (Å²) in [7, 11) is 0. The highest BCUT2D eigenvalue weighted by Gasteiger charge is 2.13. The van der Waals surface area contributed by atoms with Gasteiger partial charge in [0, 0.05) is 18.5 Å². The molecular formula is C22H26IN3O4. The van der Waals surface area contributed by atoms with Crippen molar-refractivity contribution in [2.75, 3.05) is 11.9 Å². The molecule has 0 radical (unpaired) electrons. The van der Waals surface area contributed by atoms with E-state index in [1.54, 1.807) is 12.1 Å². The molecule has 0 fully saturated rings. The van der Waals surface area contributed by atoms with Crippen LogP contribution in [0.5, 0.6) is 11.5 Å². The number of carbonyl (C=O) groups is 2. The fourth-order valence-corrected chi connectivity index (χ4v) is 3.23. The number of para-hydroxylation sites is 1. The number of halogens is 1. The van der Waals surface area contributed by atoms with Crippen molar-refractivity contribution in [1.29, 1.82) is 0 Å². The summed E-state index contributed by atoms with van der Waals surface area (Å²) in [5.41, 5.74) is 3.91. The van der Waals surface area contributed by atoms with Crippen molar-refractivity contribution in [3.05, 3.63) is 51.6 Å². The second-order valence-corrected chi connectivity index (χ2v) is 7.80. The first-order valence-corrected chi connectivity index (χ1v) is 10.8. The number of anilines is 1. The van der Waals surface area contributed by atoms with E-state index in [4.69, 9.17) is 9.47 Å². The molecule has 2 aromatic rings. The van der Waals surface area contributed by atoms with Gasteiger partial charge in [0.2, 0.25) is 11.8 Å². The second-order valence-electron chi connectivity index (χ2n) is 6.64. The maximum Gasteiger partial charge on any atom is 0.240 e. The average molecular weight is 523 g/mol. The van der Waals surface area contributed by atoms with Gasteiger partial charge >= 0.3 is 0 Å². The van der Waals surface area contributed by atoms with Crippen LogP contribution < -0.4 is 20.2 Å². The van der Waals surface area contributed by atoms with Gasteiger partial charge in [-0.3, -0.25) is 9.59 Å². The fourth-order valence-electron chi connectivity index (χ4n) is 2.48. The molecule has 160 valence electrons. The number of carbonyl (C=O) groups excluding carboxylic acids is 2. The van der Waals surface area contributed by atoms with Crippen molar-refractivity contribution in [3.8, 4) is 11.5 Å². The van der Waals surface area contributed by atoms with Gasteiger partial charge in [-0.25, -0.2) is 5.43 Å². The standard InChI is InChI=1S/C22H26IN3O4/c1-4-29-19-13-16(12-18(23)22(19)30-15(2)3)14-24-26-21(28)11-10-20(27)25-17-8-6-5-7-9-17/h5-9,12-15H,4,10-11H2,1-3H3,(H,25,27)(H,26,28). The van der Waals surface area contributed by atoms with Crippen LogP contribution in [-0.4, -0.2) is 30.7 Å². The van der Waals surface area contributed by atoms with Gasteiger partial charge in [0.25, 0.3) is 0 Å². The van der Waals surface area contributed by atoms with E-state index < -0.39 is 0 Å². The van der Waals surface area contributed by atoms with Gasteiger partial charge in [-0.05, 0) is 73.2 Å². The first-order valence-electron chi connectivity index (χ1n) is 9.68. The lowest BCUT2D eigenvalue weighted by Crippen LogP contribution is -2.20. The molecule has 7 nitrogen and oxygen atoms in total. The number of hydrogen-bond acceptors (Lipinski definition) is 5. The lowest BCUT2D eigenvalue weighted by atomic mass is 10.2. The third-order valence-corrected chi connectivity index (χ3v) is 4.53. The molecule has 0 saturated carbocycles. The Morgan fingerprint density at radius 2 is 1.83 bits per heavy atom. The highest BCUT2D eigenvalue weighted by Crippen LogP contribution is 2.34. The van der Waals surface area contributed by atoms with Crippen LogP contribution in [0.15, 0.2) is 47.6 Å².